The maximum Gasteiger partial charge on any atom is 0.240 e. The van der Waals surface area contributed by atoms with Gasteiger partial charge in [-0.05, 0) is 42.7 Å². The van der Waals surface area contributed by atoms with Crippen LogP contribution in [0.3, 0.4) is 0 Å². The molecule has 2 heterocycles. The van der Waals surface area contributed by atoms with Crippen LogP contribution in [0.2, 0.25) is 0 Å². The highest BCUT2D eigenvalue weighted by Crippen LogP contribution is 2.48. The third kappa shape index (κ3) is 5.90. The molecule has 0 unspecified atom stereocenters. The maximum absolute atomic E-state index is 13.7. The predicted molar refractivity (Wildman–Crippen MR) is 154 cm³/mol. The number of aromatic nitrogens is 2. The average Bonchev–Trinajstić information content (AvgIpc) is 3.20. The summed E-state index contributed by atoms with van der Waals surface area (Å²) in [5.74, 6) is 1.67. The molecule has 1 aliphatic rings. The molecule has 0 spiro atoms. The first-order valence-electron chi connectivity index (χ1n) is 13.0. The van der Waals surface area contributed by atoms with Crippen molar-refractivity contribution < 1.29 is 14.3 Å². The van der Waals surface area contributed by atoms with Crippen LogP contribution in [0, 0.1) is 12.8 Å². The number of aryl methyl sites for hydroxylation is 1. The maximum atomic E-state index is 13.7. The van der Waals surface area contributed by atoms with Crippen molar-refractivity contribution in [2.24, 2.45) is 5.92 Å². The first-order chi connectivity index (χ1) is 18.0. The van der Waals surface area contributed by atoms with Gasteiger partial charge in [0.1, 0.15) is 18.1 Å². The van der Waals surface area contributed by atoms with Crippen LogP contribution in [-0.2, 0) is 15.0 Å². The fraction of sp³-hybridized carbons (Fsp3) is 0.433. The number of thioether (sulfide) groups is 1. The minimum absolute atomic E-state index is 0.0644. The van der Waals surface area contributed by atoms with Crippen LogP contribution in [0.15, 0.2) is 48.5 Å². The lowest BCUT2D eigenvalue weighted by Crippen LogP contribution is -2.43. The van der Waals surface area contributed by atoms with E-state index in [0.717, 1.165) is 33.8 Å². The zero-order valence-corrected chi connectivity index (χ0v) is 24.2. The predicted octanol–water partition coefficient (Wildman–Crippen LogP) is 5.43. The van der Waals surface area contributed by atoms with Gasteiger partial charge >= 0.3 is 0 Å². The van der Waals surface area contributed by atoms with E-state index in [0.29, 0.717) is 18.3 Å². The van der Waals surface area contributed by atoms with Crippen molar-refractivity contribution in [3.63, 3.8) is 0 Å². The van der Waals surface area contributed by atoms with Crippen molar-refractivity contribution in [3.8, 4) is 11.4 Å². The Morgan fingerprint density at radius 1 is 1.18 bits per heavy atom. The molecule has 0 radical (unpaired) electrons. The second kappa shape index (κ2) is 11.2. The van der Waals surface area contributed by atoms with Gasteiger partial charge in [-0.2, -0.15) is 5.10 Å². The summed E-state index contributed by atoms with van der Waals surface area (Å²) < 4.78 is 7.20. The standard InChI is InChI=1S/C30H38N4O3S/c1-19(2)16-31-24(35)17-33-25(36)18-38-27(21-10-8-9-20(3)15-21)26-28(30(4,5)6)32-34(29(26)33)22-11-13-23(37-7)14-12-22/h8-15,19,27H,16-18H2,1-7H3,(H,31,35)/t27-/m0/s1. The van der Waals surface area contributed by atoms with Gasteiger partial charge in [0.2, 0.25) is 11.8 Å². The van der Waals surface area contributed by atoms with Gasteiger partial charge in [0, 0.05) is 17.5 Å². The van der Waals surface area contributed by atoms with Crippen LogP contribution in [0.25, 0.3) is 5.69 Å². The van der Waals surface area contributed by atoms with Gasteiger partial charge in [-0.1, -0.05) is 64.4 Å². The highest BCUT2D eigenvalue weighted by atomic mass is 32.2. The van der Waals surface area contributed by atoms with E-state index < -0.39 is 0 Å². The molecule has 202 valence electrons. The number of methoxy groups -OCH3 is 1. The van der Waals surface area contributed by atoms with E-state index >= 15 is 0 Å². The number of nitrogens with zero attached hydrogens (tertiary/aromatic N) is 3. The lowest BCUT2D eigenvalue weighted by Gasteiger charge is -2.25. The normalized spacial score (nSPS) is 15.8. The highest BCUT2D eigenvalue weighted by Gasteiger charge is 2.40. The van der Waals surface area contributed by atoms with E-state index in [1.807, 2.05) is 42.8 Å². The van der Waals surface area contributed by atoms with Crippen molar-refractivity contribution >= 4 is 29.4 Å². The largest absolute Gasteiger partial charge is 0.497 e. The van der Waals surface area contributed by atoms with E-state index in [2.05, 4.69) is 57.3 Å². The van der Waals surface area contributed by atoms with E-state index in [-0.39, 0.29) is 34.8 Å². The third-order valence-electron chi connectivity index (χ3n) is 6.47. The molecule has 1 atom stereocenters. The monoisotopic (exact) mass is 534 g/mol. The summed E-state index contributed by atoms with van der Waals surface area (Å²) in [5.41, 5.74) is 4.66. The molecule has 0 bridgehead atoms. The van der Waals surface area contributed by atoms with Crippen molar-refractivity contribution in [2.45, 2.75) is 52.2 Å². The number of anilines is 1. The number of carbonyl (C=O) groups excluding carboxylic acids is 2. The van der Waals surface area contributed by atoms with E-state index in [1.54, 1.807) is 23.8 Å². The van der Waals surface area contributed by atoms with Crippen LogP contribution < -0.4 is 15.0 Å². The molecule has 0 saturated carbocycles. The second-order valence-electron chi connectivity index (χ2n) is 11.2. The highest BCUT2D eigenvalue weighted by molar-refractivity contribution is 8.00. The van der Waals surface area contributed by atoms with Crippen molar-refractivity contribution in [1.82, 2.24) is 15.1 Å². The summed E-state index contributed by atoms with van der Waals surface area (Å²) in [6, 6.07) is 16.0. The molecule has 0 fully saturated rings. The number of hydrogen-bond acceptors (Lipinski definition) is 5. The summed E-state index contributed by atoms with van der Waals surface area (Å²) in [6.45, 7) is 13.1. The number of benzene rings is 2. The molecule has 0 saturated heterocycles. The summed E-state index contributed by atoms with van der Waals surface area (Å²) >= 11 is 1.59. The Balaban J connectivity index is 1.96. The summed E-state index contributed by atoms with van der Waals surface area (Å²) in [4.78, 5) is 28.4. The number of hydrogen-bond donors (Lipinski definition) is 1. The van der Waals surface area contributed by atoms with E-state index in [1.165, 1.54) is 0 Å². The average molecular weight is 535 g/mol. The molecular formula is C30H38N4O3S. The molecule has 0 aliphatic carbocycles. The number of fused-ring (bicyclic) bond motifs is 1. The molecule has 1 N–H and O–H groups in total. The van der Waals surface area contributed by atoms with Gasteiger partial charge in [-0.3, -0.25) is 14.5 Å². The Labute approximate surface area is 229 Å². The molecule has 2 aromatic carbocycles. The molecule has 1 aliphatic heterocycles. The first kappa shape index (κ1) is 27.8. The number of rotatable bonds is 7. The minimum atomic E-state index is -0.302. The molecule has 2 amide bonds. The van der Waals surface area contributed by atoms with Crippen molar-refractivity contribution in [2.75, 3.05) is 30.9 Å². The van der Waals surface area contributed by atoms with Crippen LogP contribution in [0.5, 0.6) is 5.75 Å². The number of nitrogens with one attached hydrogen (secondary N) is 1. The fourth-order valence-corrected chi connectivity index (χ4v) is 5.78. The van der Waals surface area contributed by atoms with Gasteiger partial charge in [0.05, 0.1) is 29.5 Å². The number of ether oxygens (including phenoxy) is 1. The zero-order valence-electron chi connectivity index (χ0n) is 23.4. The number of carbonyl (C=O) groups is 2. The van der Waals surface area contributed by atoms with Gasteiger partial charge in [-0.25, -0.2) is 4.68 Å². The van der Waals surface area contributed by atoms with Gasteiger partial charge in [0.25, 0.3) is 0 Å². The Hall–Kier alpha value is -3.26. The van der Waals surface area contributed by atoms with Crippen molar-refractivity contribution in [1.29, 1.82) is 0 Å². The Morgan fingerprint density at radius 2 is 1.89 bits per heavy atom. The van der Waals surface area contributed by atoms with Crippen LogP contribution in [-0.4, -0.2) is 47.5 Å². The second-order valence-corrected chi connectivity index (χ2v) is 12.3. The zero-order chi connectivity index (χ0) is 27.6. The fourth-order valence-electron chi connectivity index (χ4n) is 4.59. The lowest BCUT2D eigenvalue weighted by molar-refractivity contribution is -0.123. The molecular weight excluding hydrogens is 496 g/mol. The van der Waals surface area contributed by atoms with Gasteiger partial charge < -0.3 is 10.1 Å². The molecule has 4 rings (SSSR count). The summed E-state index contributed by atoms with van der Waals surface area (Å²) in [7, 11) is 1.63. The smallest absolute Gasteiger partial charge is 0.240 e. The Morgan fingerprint density at radius 3 is 2.50 bits per heavy atom. The third-order valence-corrected chi connectivity index (χ3v) is 7.73. The molecule has 1 aromatic heterocycles. The minimum Gasteiger partial charge on any atom is -0.497 e. The first-order valence-corrected chi connectivity index (χ1v) is 14.1. The van der Waals surface area contributed by atoms with Crippen LogP contribution >= 0.6 is 11.8 Å². The Bertz CT molecular complexity index is 1310. The van der Waals surface area contributed by atoms with Gasteiger partial charge in [0.15, 0.2) is 0 Å². The molecule has 3 aromatic rings. The van der Waals surface area contributed by atoms with E-state index in [4.69, 9.17) is 9.84 Å². The van der Waals surface area contributed by atoms with E-state index in [9.17, 15) is 9.59 Å². The van der Waals surface area contributed by atoms with Crippen molar-refractivity contribution in [3.05, 3.63) is 70.9 Å². The summed E-state index contributed by atoms with van der Waals surface area (Å²) in [6.07, 6.45) is 0. The SMILES string of the molecule is COc1ccc(-n2nc(C(C)(C)C)c3c2N(CC(=O)NCC(C)C)C(=O)CS[C@H]3c2cccc(C)c2)cc1. The quantitative estimate of drug-likeness (QED) is 0.438. The Kier molecular flexibility index (Phi) is 8.21. The molecule has 7 nitrogen and oxygen atoms in total. The van der Waals surface area contributed by atoms with Crippen LogP contribution in [0.4, 0.5) is 5.82 Å². The molecule has 38 heavy (non-hydrogen) atoms. The topological polar surface area (TPSA) is 76.5 Å². The lowest BCUT2D eigenvalue weighted by atomic mass is 9.87. The van der Waals surface area contributed by atoms with Crippen LogP contribution in [0.1, 0.15) is 62.3 Å². The molecule has 8 heteroatoms. The number of amides is 2. The summed E-state index contributed by atoms with van der Waals surface area (Å²) in [5, 5.41) is 8.00. The van der Waals surface area contributed by atoms with Gasteiger partial charge in [-0.15, -0.1) is 11.8 Å².